The lowest BCUT2D eigenvalue weighted by Gasteiger charge is -1.97. The van der Waals surface area contributed by atoms with E-state index in [9.17, 15) is 4.79 Å². The van der Waals surface area contributed by atoms with Gasteiger partial charge in [-0.25, -0.2) is 0 Å². The molecule has 4 nitrogen and oxygen atoms in total. The first kappa shape index (κ1) is 13.0. The Morgan fingerprint density at radius 1 is 1.33 bits per heavy atom. The number of nitrogens with zero attached hydrogens (tertiary/aromatic N) is 2. The van der Waals surface area contributed by atoms with Gasteiger partial charge in [0.2, 0.25) is 0 Å². The smallest absolute Gasteiger partial charge is 0.312 e. The summed E-state index contributed by atoms with van der Waals surface area (Å²) in [5.41, 5.74) is 0.937. The van der Waals surface area contributed by atoms with Crippen molar-refractivity contribution in [1.82, 2.24) is 10.2 Å². The average Bonchev–Trinajstić information content (AvgIpc) is 2.78. The maximum absolute atomic E-state index is 11.3. The normalized spacial score (nSPS) is 10.3. The van der Waals surface area contributed by atoms with E-state index in [0.717, 1.165) is 10.6 Å². The van der Waals surface area contributed by atoms with Gasteiger partial charge in [-0.1, -0.05) is 35.1 Å². The highest BCUT2D eigenvalue weighted by Gasteiger charge is 2.11. The van der Waals surface area contributed by atoms with Crippen molar-refractivity contribution < 1.29 is 9.53 Å². The lowest BCUT2D eigenvalue weighted by atomic mass is 10.2. The third-order valence-electron chi connectivity index (χ3n) is 2.16. The monoisotopic (exact) mass is 282 g/mol. The van der Waals surface area contributed by atoms with E-state index in [4.69, 9.17) is 16.3 Å². The minimum absolute atomic E-state index is 0.166. The van der Waals surface area contributed by atoms with Crippen LogP contribution in [0.1, 0.15) is 11.9 Å². The molecule has 0 spiro atoms. The van der Waals surface area contributed by atoms with E-state index < -0.39 is 0 Å². The summed E-state index contributed by atoms with van der Waals surface area (Å²) in [5, 5.41) is 10.1. The fourth-order valence-corrected chi connectivity index (χ4v) is 2.33. The van der Waals surface area contributed by atoms with Gasteiger partial charge >= 0.3 is 5.97 Å². The Balaban J connectivity index is 2.10. The molecule has 0 aliphatic heterocycles. The van der Waals surface area contributed by atoms with Gasteiger partial charge in [-0.15, -0.1) is 10.2 Å². The summed E-state index contributed by atoms with van der Waals surface area (Å²) in [5.74, 6) is -0.281. The number of halogens is 1. The first-order valence-electron chi connectivity index (χ1n) is 5.43. The largest absolute Gasteiger partial charge is 0.466 e. The quantitative estimate of drug-likeness (QED) is 0.809. The Morgan fingerprint density at radius 3 is 2.72 bits per heavy atom. The molecule has 0 unspecified atom stereocenters. The molecule has 0 atom stereocenters. The number of carbonyl (C=O) groups is 1. The van der Waals surface area contributed by atoms with Gasteiger partial charge in [-0.2, -0.15) is 0 Å². The van der Waals surface area contributed by atoms with Crippen LogP contribution in [0, 0.1) is 0 Å². The van der Waals surface area contributed by atoms with Crippen LogP contribution >= 0.6 is 22.9 Å². The van der Waals surface area contributed by atoms with Crippen molar-refractivity contribution in [2.45, 2.75) is 13.3 Å². The first-order valence-corrected chi connectivity index (χ1v) is 6.62. The summed E-state index contributed by atoms with van der Waals surface area (Å²) in [4.78, 5) is 11.3. The molecule has 2 rings (SSSR count). The molecule has 0 saturated heterocycles. The Labute approximate surface area is 114 Å². The van der Waals surface area contributed by atoms with Gasteiger partial charge in [-0.05, 0) is 19.1 Å². The Bertz CT molecular complexity index is 539. The molecule has 0 amide bonds. The molecule has 18 heavy (non-hydrogen) atoms. The van der Waals surface area contributed by atoms with Crippen LogP contribution in [0.3, 0.4) is 0 Å². The summed E-state index contributed by atoms with van der Waals surface area (Å²) in [7, 11) is 0. The van der Waals surface area contributed by atoms with Crippen molar-refractivity contribution in [2.24, 2.45) is 0 Å². The van der Waals surface area contributed by atoms with Crippen molar-refractivity contribution in [3.63, 3.8) is 0 Å². The third-order valence-corrected chi connectivity index (χ3v) is 3.38. The second-order valence-corrected chi connectivity index (χ2v) is 4.99. The van der Waals surface area contributed by atoms with Gasteiger partial charge in [0.1, 0.15) is 10.0 Å². The molecule has 2 aromatic rings. The fraction of sp³-hybridized carbons (Fsp3) is 0.250. The second kappa shape index (κ2) is 5.93. The van der Waals surface area contributed by atoms with Crippen LogP contribution in [0.5, 0.6) is 0 Å². The van der Waals surface area contributed by atoms with E-state index in [1.54, 1.807) is 19.1 Å². The van der Waals surface area contributed by atoms with Crippen molar-refractivity contribution in [3.8, 4) is 10.6 Å². The number of ether oxygens (including phenoxy) is 1. The predicted octanol–water partition coefficient (Wildman–Crippen LogP) is 2.96. The van der Waals surface area contributed by atoms with E-state index >= 15 is 0 Å². The molecule has 0 fully saturated rings. The van der Waals surface area contributed by atoms with Crippen molar-refractivity contribution in [2.75, 3.05) is 6.61 Å². The molecular formula is C12H11ClN2O2S. The average molecular weight is 283 g/mol. The van der Waals surface area contributed by atoms with Crippen LogP contribution in [0.2, 0.25) is 5.02 Å². The number of rotatable bonds is 4. The lowest BCUT2D eigenvalue weighted by molar-refractivity contribution is -0.142. The molecule has 0 N–H and O–H groups in total. The molecule has 0 saturated carbocycles. The number of carbonyl (C=O) groups excluding carboxylic acids is 1. The molecule has 0 bridgehead atoms. The van der Waals surface area contributed by atoms with Crippen LogP contribution < -0.4 is 0 Å². The van der Waals surface area contributed by atoms with E-state index in [0.29, 0.717) is 16.6 Å². The van der Waals surface area contributed by atoms with Crippen LogP contribution in [0.25, 0.3) is 10.6 Å². The molecular weight excluding hydrogens is 272 g/mol. The second-order valence-electron chi connectivity index (χ2n) is 3.49. The van der Waals surface area contributed by atoms with Crippen molar-refractivity contribution in [3.05, 3.63) is 34.3 Å². The van der Waals surface area contributed by atoms with E-state index in [-0.39, 0.29) is 12.4 Å². The van der Waals surface area contributed by atoms with Gasteiger partial charge in [0.25, 0.3) is 0 Å². The minimum Gasteiger partial charge on any atom is -0.466 e. The number of benzene rings is 1. The first-order chi connectivity index (χ1) is 8.69. The third kappa shape index (κ3) is 3.27. The molecule has 0 aliphatic carbocycles. The highest BCUT2D eigenvalue weighted by atomic mass is 35.5. The van der Waals surface area contributed by atoms with Gasteiger partial charge in [-0.3, -0.25) is 4.79 Å². The van der Waals surface area contributed by atoms with Crippen molar-refractivity contribution >= 4 is 28.9 Å². The minimum atomic E-state index is -0.281. The standard InChI is InChI=1S/C12H11ClN2O2S/c1-2-17-11(16)7-10-14-15-12(18-10)8-3-5-9(13)6-4-8/h3-6H,2,7H2,1H3. The molecule has 6 heteroatoms. The Morgan fingerprint density at radius 2 is 2.06 bits per heavy atom. The summed E-state index contributed by atoms with van der Waals surface area (Å²) >= 11 is 7.19. The van der Waals surface area contributed by atoms with Crippen LogP contribution in [-0.2, 0) is 16.0 Å². The van der Waals surface area contributed by atoms with E-state index in [1.165, 1.54) is 11.3 Å². The Kier molecular flexibility index (Phi) is 4.28. The molecule has 0 radical (unpaired) electrons. The molecule has 1 heterocycles. The van der Waals surface area contributed by atoms with E-state index in [2.05, 4.69) is 10.2 Å². The van der Waals surface area contributed by atoms with Crippen LogP contribution in [-0.4, -0.2) is 22.8 Å². The van der Waals surface area contributed by atoms with Gasteiger partial charge < -0.3 is 4.74 Å². The number of esters is 1. The zero-order chi connectivity index (χ0) is 13.0. The molecule has 94 valence electrons. The summed E-state index contributed by atoms with van der Waals surface area (Å²) < 4.78 is 4.86. The summed E-state index contributed by atoms with van der Waals surface area (Å²) in [6, 6.07) is 7.33. The number of hydrogen-bond donors (Lipinski definition) is 0. The van der Waals surface area contributed by atoms with Gasteiger partial charge in [0.05, 0.1) is 13.0 Å². The highest BCUT2D eigenvalue weighted by molar-refractivity contribution is 7.14. The molecule has 1 aromatic carbocycles. The maximum Gasteiger partial charge on any atom is 0.312 e. The topological polar surface area (TPSA) is 52.1 Å². The lowest BCUT2D eigenvalue weighted by Crippen LogP contribution is -2.07. The molecule has 0 aliphatic rings. The summed E-state index contributed by atoms with van der Waals surface area (Å²) in [6.45, 7) is 2.15. The summed E-state index contributed by atoms with van der Waals surface area (Å²) in [6.07, 6.45) is 0.166. The van der Waals surface area contributed by atoms with Crippen LogP contribution in [0.4, 0.5) is 0 Å². The van der Waals surface area contributed by atoms with Crippen LogP contribution in [0.15, 0.2) is 24.3 Å². The van der Waals surface area contributed by atoms with Gasteiger partial charge in [0, 0.05) is 10.6 Å². The van der Waals surface area contributed by atoms with E-state index in [1.807, 2.05) is 12.1 Å². The number of aromatic nitrogens is 2. The Hall–Kier alpha value is -1.46. The SMILES string of the molecule is CCOC(=O)Cc1nnc(-c2ccc(Cl)cc2)s1. The molecule has 1 aromatic heterocycles. The zero-order valence-electron chi connectivity index (χ0n) is 9.72. The predicted molar refractivity (Wildman–Crippen MR) is 70.7 cm³/mol. The fourth-order valence-electron chi connectivity index (χ4n) is 1.37. The van der Waals surface area contributed by atoms with Crippen molar-refractivity contribution in [1.29, 1.82) is 0 Å². The maximum atomic E-state index is 11.3. The number of hydrogen-bond acceptors (Lipinski definition) is 5. The van der Waals surface area contributed by atoms with Gasteiger partial charge in [0.15, 0.2) is 0 Å². The zero-order valence-corrected chi connectivity index (χ0v) is 11.3. The highest BCUT2D eigenvalue weighted by Crippen LogP contribution is 2.25.